The van der Waals surface area contributed by atoms with Crippen LogP contribution < -0.4 is 10.3 Å². The molecule has 9 heteroatoms. The maximum absolute atomic E-state index is 13.2. The molecule has 2 N–H and O–H groups in total. The molecule has 0 radical (unpaired) electrons. The minimum Gasteiger partial charge on any atom is -0.481 e. The molecule has 31 heavy (non-hydrogen) atoms. The van der Waals surface area contributed by atoms with Gasteiger partial charge in [-0.2, -0.15) is 0 Å². The van der Waals surface area contributed by atoms with Gasteiger partial charge in [0.25, 0.3) is 5.56 Å². The number of carbonyl (C=O) groups excluding carboxylic acids is 1. The first-order chi connectivity index (χ1) is 14.8. The molecule has 5 rings (SSSR count). The highest BCUT2D eigenvalue weighted by Gasteiger charge is 2.45. The summed E-state index contributed by atoms with van der Waals surface area (Å²) in [5.41, 5.74) is 0.720. The van der Waals surface area contributed by atoms with Crippen molar-refractivity contribution < 1.29 is 29.3 Å². The summed E-state index contributed by atoms with van der Waals surface area (Å²) in [7, 11) is 0. The molecule has 0 amide bonds. The molecule has 0 unspecified atom stereocenters. The monoisotopic (exact) mass is 422 g/mol. The van der Waals surface area contributed by atoms with Gasteiger partial charge in [-0.05, 0) is 30.7 Å². The van der Waals surface area contributed by atoms with Crippen LogP contribution in [0.15, 0.2) is 35.1 Å². The fourth-order valence-electron chi connectivity index (χ4n) is 4.24. The van der Waals surface area contributed by atoms with Crippen molar-refractivity contribution in [1.29, 1.82) is 0 Å². The predicted octanol–water partition coefficient (Wildman–Crippen LogP) is 1.54. The Bertz CT molecular complexity index is 1340. The molecule has 0 aliphatic carbocycles. The number of aliphatic carboxylic acids is 1. The van der Waals surface area contributed by atoms with Crippen molar-refractivity contribution in [3.8, 4) is 17.1 Å². The molecule has 3 aromatic rings. The number of ether oxygens (including phenoxy) is 2. The lowest BCUT2D eigenvalue weighted by atomic mass is 9.86. The molecular formula is C22H18N2O7. The maximum atomic E-state index is 13.2. The molecule has 158 valence electrons. The zero-order valence-corrected chi connectivity index (χ0v) is 16.5. The summed E-state index contributed by atoms with van der Waals surface area (Å²) in [6, 6.07) is 8.61. The van der Waals surface area contributed by atoms with Crippen LogP contribution in [0.25, 0.3) is 22.3 Å². The van der Waals surface area contributed by atoms with Crippen LogP contribution in [0.1, 0.15) is 30.0 Å². The van der Waals surface area contributed by atoms with Crippen molar-refractivity contribution in [2.24, 2.45) is 0 Å². The molecule has 1 atom stereocenters. The van der Waals surface area contributed by atoms with Crippen molar-refractivity contribution in [1.82, 2.24) is 9.55 Å². The number of carboxylic acids is 1. The molecule has 0 saturated heterocycles. The van der Waals surface area contributed by atoms with Crippen LogP contribution >= 0.6 is 0 Å². The predicted molar refractivity (Wildman–Crippen MR) is 108 cm³/mol. The van der Waals surface area contributed by atoms with E-state index in [0.717, 1.165) is 5.56 Å². The third-order valence-electron chi connectivity index (χ3n) is 5.86. The van der Waals surface area contributed by atoms with E-state index in [2.05, 4.69) is 4.98 Å². The minimum atomic E-state index is -1.88. The van der Waals surface area contributed by atoms with Crippen LogP contribution in [0.2, 0.25) is 0 Å². The largest absolute Gasteiger partial charge is 0.481 e. The second kappa shape index (κ2) is 6.64. The number of benzene rings is 1. The van der Waals surface area contributed by atoms with Crippen LogP contribution in [-0.4, -0.2) is 38.3 Å². The van der Waals surface area contributed by atoms with E-state index in [9.17, 15) is 19.5 Å². The fourth-order valence-corrected chi connectivity index (χ4v) is 4.24. The van der Waals surface area contributed by atoms with Crippen molar-refractivity contribution in [2.45, 2.75) is 32.1 Å². The Hall–Kier alpha value is -3.72. The Labute approximate surface area is 175 Å². The highest BCUT2D eigenvalue weighted by Crippen LogP contribution is 2.39. The van der Waals surface area contributed by atoms with Crippen molar-refractivity contribution >= 4 is 22.8 Å². The number of hydrogen-bond donors (Lipinski definition) is 2. The summed E-state index contributed by atoms with van der Waals surface area (Å²) in [6.07, 6.45) is 0.0734. The number of carbonyl (C=O) groups is 2. The maximum Gasteiger partial charge on any atom is 0.343 e. The highest BCUT2D eigenvalue weighted by atomic mass is 16.6. The molecule has 2 aliphatic heterocycles. The smallest absolute Gasteiger partial charge is 0.343 e. The number of nitrogens with zero attached hydrogens (tertiary/aromatic N) is 2. The van der Waals surface area contributed by atoms with Gasteiger partial charge in [0.1, 0.15) is 12.4 Å². The fraction of sp³-hybridized carbons (Fsp3) is 0.273. The molecule has 4 heterocycles. The third-order valence-corrected chi connectivity index (χ3v) is 5.86. The average molecular weight is 422 g/mol. The summed E-state index contributed by atoms with van der Waals surface area (Å²) in [5.74, 6) is -1.47. The Morgan fingerprint density at radius 3 is 2.87 bits per heavy atom. The molecule has 0 saturated carbocycles. The van der Waals surface area contributed by atoms with E-state index in [-0.39, 0.29) is 36.3 Å². The number of aromatic nitrogens is 2. The lowest BCUT2D eigenvalue weighted by Gasteiger charge is -2.31. The van der Waals surface area contributed by atoms with Gasteiger partial charge in [-0.15, -0.1) is 0 Å². The van der Waals surface area contributed by atoms with Gasteiger partial charge in [0.2, 0.25) is 0 Å². The summed E-state index contributed by atoms with van der Waals surface area (Å²) in [6.45, 7) is 1.24. The van der Waals surface area contributed by atoms with Crippen LogP contribution in [-0.2, 0) is 33.1 Å². The van der Waals surface area contributed by atoms with Gasteiger partial charge in [-0.25, -0.2) is 14.6 Å². The second-order valence-corrected chi connectivity index (χ2v) is 7.60. The Morgan fingerprint density at radius 1 is 1.32 bits per heavy atom. The topological polar surface area (TPSA) is 128 Å². The number of pyridine rings is 2. The number of esters is 1. The van der Waals surface area contributed by atoms with E-state index in [4.69, 9.17) is 14.6 Å². The van der Waals surface area contributed by atoms with Gasteiger partial charge in [0.05, 0.1) is 29.0 Å². The van der Waals surface area contributed by atoms with Gasteiger partial charge in [-0.3, -0.25) is 4.79 Å². The van der Waals surface area contributed by atoms with Crippen LogP contribution in [0.3, 0.4) is 0 Å². The van der Waals surface area contributed by atoms with Crippen LogP contribution in [0.4, 0.5) is 0 Å². The first-order valence-corrected chi connectivity index (χ1v) is 9.78. The summed E-state index contributed by atoms with van der Waals surface area (Å²) >= 11 is 0. The standard InChI is InChI=1S/C22H18N2O7/c1-2-22(29)14-7-16-19-11(8-24(16)20(27)13(14)9-31-21(22)28)6-12-15(23-19)4-3-5-17(12)30-10-18(25)26/h3-7,29H,2,8-10H2,1H3,(H,25,26)/t22-/m0/s1. The Kier molecular flexibility index (Phi) is 4.13. The van der Waals surface area contributed by atoms with E-state index in [0.29, 0.717) is 28.0 Å². The zero-order valence-electron chi connectivity index (χ0n) is 16.5. The first-order valence-electron chi connectivity index (χ1n) is 9.78. The van der Waals surface area contributed by atoms with E-state index in [1.807, 2.05) is 6.07 Å². The van der Waals surface area contributed by atoms with Gasteiger partial charge in [0.15, 0.2) is 12.2 Å². The zero-order chi connectivity index (χ0) is 21.9. The van der Waals surface area contributed by atoms with Crippen molar-refractivity contribution in [3.63, 3.8) is 0 Å². The van der Waals surface area contributed by atoms with Crippen molar-refractivity contribution in [2.75, 3.05) is 6.61 Å². The minimum absolute atomic E-state index is 0.0734. The molecule has 0 bridgehead atoms. The summed E-state index contributed by atoms with van der Waals surface area (Å²) in [5, 5.41) is 20.4. The van der Waals surface area contributed by atoms with E-state index in [1.54, 1.807) is 35.8 Å². The van der Waals surface area contributed by atoms with Gasteiger partial charge in [-0.1, -0.05) is 13.0 Å². The molecule has 0 fully saturated rings. The molecule has 0 spiro atoms. The summed E-state index contributed by atoms with van der Waals surface area (Å²) < 4.78 is 12.0. The first kappa shape index (κ1) is 19.3. The normalized spacial score (nSPS) is 18.8. The van der Waals surface area contributed by atoms with E-state index in [1.165, 1.54) is 0 Å². The van der Waals surface area contributed by atoms with Crippen LogP contribution in [0.5, 0.6) is 5.75 Å². The SMILES string of the molecule is CC[C@@]1(O)C(=O)OCc2c1cc1n(c2=O)Cc2cc3c(OCC(=O)O)cccc3nc2-1. The van der Waals surface area contributed by atoms with E-state index >= 15 is 0 Å². The number of cyclic esters (lactones) is 1. The molecule has 9 nitrogen and oxygen atoms in total. The molecular weight excluding hydrogens is 404 g/mol. The Balaban J connectivity index is 1.69. The second-order valence-electron chi connectivity index (χ2n) is 7.60. The molecule has 2 aliphatic rings. The number of aliphatic hydroxyl groups is 1. The molecule has 1 aromatic carbocycles. The number of rotatable bonds is 4. The Morgan fingerprint density at radius 2 is 2.13 bits per heavy atom. The number of fused-ring (bicyclic) bond motifs is 5. The van der Waals surface area contributed by atoms with Gasteiger partial charge in [0, 0.05) is 16.5 Å². The van der Waals surface area contributed by atoms with E-state index < -0.39 is 24.1 Å². The lowest BCUT2D eigenvalue weighted by molar-refractivity contribution is -0.172. The van der Waals surface area contributed by atoms with Gasteiger partial charge >= 0.3 is 11.9 Å². The highest BCUT2D eigenvalue weighted by molar-refractivity contribution is 5.90. The van der Waals surface area contributed by atoms with Crippen molar-refractivity contribution in [3.05, 3.63) is 57.4 Å². The quantitative estimate of drug-likeness (QED) is 0.474. The third kappa shape index (κ3) is 2.73. The van der Waals surface area contributed by atoms with Crippen LogP contribution in [0, 0.1) is 0 Å². The van der Waals surface area contributed by atoms with Gasteiger partial charge < -0.3 is 24.3 Å². The summed E-state index contributed by atoms with van der Waals surface area (Å²) in [4.78, 5) is 41.0. The average Bonchev–Trinajstić information content (AvgIpc) is 3.11. The number of hydrogen-bond acceptors (Lipinski definition) is 7. The number of carboxylic acid groups (broad SMARTS) is 1. The lowest BCUT2D eigenvalue weighted by Crippen LogP contribution is -2.44. The molecule has 2 aromatic heterocycles.